The van der Waals surface area contributed by atoms with Crippen LogP contribution < -0.4 is 10.4 Å². The van der Waals surface area contributed by atoms with Crippen molar-refractivity contribution in [2.24, 2.45) is 0 Å². The molecule has 0 bridgehead atoms. The van der Waals surface area contributed by atoms with E-state index in [-0.39, 0.29) is 16.9 Å². The zero-order chi connectivity index (χ0) is 21.3. The van der Waals surface area contributed by atoms with Gasteiger partial charge in [-0.05, 0) is 48.1 Å². The van der Waals surface area contributed by atoms with E-state index in [0.29, 0.717) is 22.3 Å². The first-order chi connectivity index (χ1) is 14.3. The minimum absolute atomic E-state index is 0.00418. The number of hydrogen-bond acceptors (Lipinski definition) is 4. The molecule has 4 rings (SSSR count). The standard InChI is InChI=1S/C25H28N2O3/c1-25(2,3)19-15-13-18(14-16-19)24(29)30-27-22(17-9-5-4-6-10-17)26-21-12-8-7-11-20(21)23(27)28/h7-8,11-17H,4-6,9-10H2,1-3H3. The van der Waals surface area contributed by atoms with Crippen LogP contribution in [0.2, 0.25) is 0 Å². The molecule has 0 atom stereocenters. The number of carbonyl (C=O) groups is 1. The molecular weight excluding hydrogens is 376 g/mol. The Balaban J connectivity index is 1.72. The smallest absolute Gasteiger partial charge is 0.326 e. The molecule has 0 unspecified atom stereocenters. The molecule has 0 aliphatic heterocycles. The van der Waals surface area contributed by atoms with Gasteiger partial charge in [0.25, 0.3) is 5.56 Å². The Kier molecular flexibility index (Phi) is 5.46. The van der Waals surface area contributed by atoms with Crippen molar-refractivity contribution < 1.29 is 9.63 Å². The summed E-state index contributed by atoms with van der Waals surface area (Å²) in [6.07, 6.45) is 5.27. The zero-order valence-corrected chi connectivity index (χ0v) is 17.9. The van der Waals surface area contributed by atoms with Crippen LogP contribution in [0.25, 0.3) is 10.9 Å². The quantitative estimate of drug-likeness (QED) is 0.616. The van der Waals surface area contributed by atoms with Crippen LogP contribution in [0.15, 0.2) is 53.3 Å². The summed E-state index contributed by atoms with van der Waals surface area (Å²) in [6.45, 7) is 6.37. The minimum atomic E-state index is -0.549. The summed E-state index contributed by atoms with van der Waals surface area (Å²) in [4.78, 5) is 36.5. The molecule has 1 aliphatic carbocycles. The Morgan fingerprint density at radius 3 is 2.33 bits per heavy atom. The van der Waals surface area contributed by atoms with E-state index < -0.39 is 5.97 Å². The largest absolute Gasteiger partial charge is 0.363 e. The summed E-state index contributed by atoms with van der Waals surface area (Å²) < 4.78 is 1.14. The maximum atomic E-state index is 13.2. The number of hydrogen-bond donors (Lipinski definition) is 0. The van der Waals surface area contributed by atoms with Crippen LogP contribution in [0.4, 0.5) is 0 Å². The van der Waals surface area contributed by atoms with Gasteiger partial charge in [-0.3, -0.25) is 4.79 Å². The van der Waals surface area contributed by atoms with Gasteiger partial charge >= 0.3 is 5.97 Å². The van der Waals surface area contributed by atoms with E-state index in [0.717, 1.165) is 36.0 Å². The predicted octanol–water partition coefficient (Wildman–Crippen LogP) is 5.01. The fourth-order valence-electron chi connectivity index (χ4n) is 4.08. The molecule has 0 amide bonds. The maximum Gasteiger partial charge on any atom is 0.363 e. The Hall–Kier alpha value is -2.95. The second kappa shape index (κ2) is 8.05. The Bertz CT molecular complexity index is 1120. The third-order valence-electron chi connectivity index (χ3n) is 5.89. The first-order valence-electron chi connectivity index (χ1n) is 10.7. The summed E-state index contributed by atoms with van der Waals surface area (Å²) in [6, 6.07) is 14.6. The van der Waals surface area contributed by atoms with Gasteiger partial charge in [0.1, 0.15) is 0 Å². The zero-order valence-electron chi connectivity index (χ0n) is 17.9. The summed E-state index contributed by atoms with van der Waals surface area (Å²) in [5.74, 6) is 0.122. The van der Waals surface area contributed by atoms with Crippen molar-refractivity contribution >= 4 is 16.9 Å². The Labute approximate surface area is 176 Å². The summed E-state index contributed by atoms with van der Waals surface area (Å²) in [7, 11) is 0. The van der Waals surface area contributed by atoms with Gasteiger partial charge in [-0.25, -0.2) is 9.78 Å². The van der Waals surface area contributed by atoms with E-state index in [1.165, 1.54) is 6.42 Å². The lowest BCUT2D eigenvalue weighted by Crippen LogP contribution is -2.35. The van der Waals surface area contributed by atoms with Crippen molar-refractivity contribution in [3.05, 3.63) is 75.8 Å². The summed E-state index contributed by atoms with van der Waals surface area (Å²) in [5.41, 5.74) is 1.85. The third-order valence-corrected chi connectivity index (χ3v) is 5.89. The van der Waals surface area contributed by atoms with E-state index in [9.17, 15) is 9.59 Å². The Morgan fingerprint density at radius 2 is 1.67 bits per heavy atom. The molecule has 0 spiro atoms. The molecule has 1 fully saturated rings. The van der Waals surface area contributed by atoms with Crippen LogP contribution in [0.1, 0.15) is 80.5 Å². The summed E-state index contributed by atoms with van der Waals surface area (Å²) >= 11 is 0. The van der Waals surface area contributed by atoms with E-state index in [2.05, 4.69) is 20.8 Å². The van der Waals surface area contributed by atoms with Crippen molar-refractivity contribution in [3.8, 4) is 0 Å². The number of benzene rings is 2. The van der Waals surface area contributed by atoms with Gasteiger partial charge in [-0.15, -0.1) is 4.73 Å². The van der Waals surface area contributed by atoms with Gasteiger partial charge in [0, 0.05) is 5.92 Å². The topological polar surface area (TPSA) is 61.2 Å². The first-order valence-corrected chi connectivity index (χ1v) is 10.7. The molecule has 0 saturated heterocycles. The predicted molar refractivity (Wildman–Crippen MR) is 118 cm³/mol. The molecule has 1 aliphatic rings. The molecule has 30 heavy (non-hydrogen) atoms. The lowest BCUT2D eigenvalue weighted by Gasteiger charge is -2.23. The van der Waals surface area contributed by atoms with E-state index >= 15 is 0 Å². The van der Waals surface area contributed by atoms with Gasteiger partial charge in [0.15, 0.2) is 5.82 Å². The molecule has 3 aromatic rings. The highest BCUT2D eigenvalue weighted by Crippen LogP contribution is 2.31. The monoisotopic (exact) mass is 404 g/mol. The highest BCUT2D eigenvalue weighted by atomic mass is 16.7. The number of carbonyl (C=O) groups excluding carboxylic acids is 1. The van der Waals surface area contributed by atoms with Gasteiger partial charge in [0.05, 0.1) is 16.5 Å². The Morgan fingerprint density at radius 1 is 1.00 bits per heavy atom. The average molecular weight is 405 g/mol. The van der Waals surface area contributed by atoms with Gasteiger partial charge in [-0.1, -0.05) is 64.3 Å². The van der Waals surface area contributed by atoms with Gasteiger partial charge < -0.3 is 4.84 Å². The van der Waals surface area contributed by atoms with Crippen molar-refractivity contribution in [3.63, 3.8) is 0 Å². The average Bonchev–Trinajstić information content (AvgIpc) is 2.75. The van der Waals surface area contributed by atoms with Crippen LogP contribution >= 0.6 is 0 Å². The number of rotatable bonds is 3. The van der Waals surface area contributed by atoms with E-state index in [1.807, 2.05) is 24.3 Å². The molecule has 5 heteroatoms. The second-order valence-electron chi connectivity index (χ2n) is 9.13. The van der Waals surface area contributed by atoms with Crippen LogP contribution in [-0.4, -0.2) is 15.7 Å². The molecule has 1 aromatic heterocycles. The molecule has 1 heterocycles. The third kappa shape index (κ3) is 4.02. The van der Waals surface area contributed by atoms with Gasteiger partial charge in [-0.2, -0.15) is 0 Å². The van der Waals surface area contributed by atoms with Crippen LogP contribution in [0.3, 0.4) is 0 Å². The molecule has 5 nitrogen and oxygen atoms in total. The SMILES string of the molecule is CC(C)(C)c1ccc(C(=O)On2c(C3CCCCC3)nc3ccccc3c2=O)cc1. The van der Waals surface area contributed by atoms with Crippen LogP contribution in [-0.2, 0) is 5.41 Å². The highest BCUT2D eigenvalue weighted by molar-refractivity contribution is 5.89. The molecule has 2 aromatic carbocycles. The summed E-state index contributed by atoms with van der Waals surface area (Å²) in [5, 5.41) is 0.452. The van der Waals surface area contributed by atoms with Crippen molar-refractivity contribution in [1.82, 2.24) is 9.71 Å². The molecule has 156 valence electrons. The van der Waals surface area contributed by atoms with Crippen molar-refractivity contribution in [1.29, 1.82) is 0 Å². The fraction of sp³-hybridized carbons (Fsp3) is 0.400. The van der Waals surface area contributed by atoms with E-state index in [4.69, 9.17) is 9.82 Å². The minimum Gasteiger partial charge on any atom is -0.326 e. The molecule has 0 radical (unpaired) electrons. The lowest BCUT2D eigenvalue weighted by molar-refractivity contribution is 0.0412. The molecule has 0 N–H and O–H groups in total. The van der Waals surface area contributed by atoms with Gasteiger partial charge in [0.2, 0.25) is 0 Å². The van der Waals surface area contributed by atoms with Crippen molar-refractivity contribution in [2.45, 2.75) is 64.2 Å². The number of nitrogens with zero attached hydrogens (tertiary/aromatic N) is 2. The maximum absolute atomic E-state index is 13.2. The second-order valence-corrected chi connectivity index (χ2v) is 9.13. The number of para-hydroxylation sites is 1. The molecular formula is C25H28N2O3. The van der Waals surface area contributed by atoms with E-state index in [1.54, 1.807) is 24.3 Å². The number of fused-ring (bicyclic) bond motifs is 1. The molecule has 1 saturated carbocycles. The van der Waals surface area contributed by atoms with Crippen LogP contribution in [0.5, 0.6) is 0 Å². The van der Waals surface area contributed by atoms with Crippen LogP contribution in [0, 0.1) is 0 Å². The normalized spacial score (nSPS) is 15.3. The first kappa shape index (κ1) is 20.3. The van der Waals surface area contributed by atoms with Crippen molar-refractivity contribution in [2.75, 3.05) is 0 Å². The lowest BCUT2D eigenvalue weighted by atomic mass is 9.87. The number of aromatic nitrogens is 2. The highest BCUT2D eigenvalue weighted by Gasteiger charge is 2.25. The fourth-order valence-corrected chi connectivity index (χ4v) is 4.08.